The Hall–Kier alpha value is -2.53. The Bertz CT molecular complexity index is 771. The third kappa shape index (κ3) is 3.14. The maximum atomic E-state index is 12.4. The van der Waals surface area contributed by atoms with Gasteiger partial charge in [-0.1, -0.05) is 6.07 Å². The van der Waals surface area contributed by atoms with Crippen LogP contribution in [0.4, 0.5) is 5.69 Å². The summed E-state index contributed by atoms with van der Waals surface area (Å²) in [6.07, 6.45) is 4.81. The van der Waals surface area contributed by atoms with E-state index >= 15 is 0 Å². The molecule has 0 spiro atoms. The predicted octanol–water partition coefficient (Wildman–Crippen LogP) is 2.27. The van der Waals surface area contributed by atoms with Gasteiger partial charge >= 0.3 is 0 Å². The first-order valence-corrected chi connectivity index (χ1v) is 7.68. The minimum atomic E-state index is -0.244. The number of nitrogens with one attached hydrogen (secondary N) is 1. The number of rotatable bonds is 3. The third-order valence-corrected chi connectivity index (χ3v) is 4.23. The predicted molar refractivity (Wildman–Crippen MR) is 88.8 cm³/mol. The van der Waals surface area contributed by atoms with Gasteiger partial charge in [-0.15, -0.1) is 0 Å². The number of aryl methyl sites for hydroxylation is 1. The molecule has 0 bridgehead atoms. The van der Waals surface area contributed by atoms with Gasteiger partial charge in [0, 0.05) is 29.1 Å². The molecule has 0 saturated heterocycles. The van der Waals surface area contributed by atoms with E-state index in [0.717, 1.165) is 42.4 Å². The average molecular weight is 309 g/mol. The summed E-state index contributed by atoms with van der Waals surface area (Å²) in [6.45, 7) is 1.83. The fourth-order valence-electron chi connectivity index (χ4n) is 3.04. The molecule has 1 aliphatic rings. The summed E-state index contributed by atoms with van der Waals surface area (Å²) in [6, 6.07) is 7.25. The lowest BCUT2D eigenvalue weighted by atomic mass is 9.85. The molecule has 0 saturated carbocycles. The van der Waals surface area contributed by atoms with Gasteiger partial charge in [-0.25, -0.2) is 0 Å². The summed E-state index contributed by atoms with van der Waals surface area (Å²) in [5.74, 6) is -0.244. The number of anilines is 1. The quantitative estimate of drug-likeness (QED) is 0.852. The Kier molecular flexibility index (Phi) is 4.21. The van der Waals surface area contributed by atoms with E-state index in [2.05, 4.69) is 10.3 Å². The van der Waals surface area contributed by atoms with E-state index in [1.54, 1.807) is 24.4 Å². The molecule has 3 rings (SSSR count). The normalized spacial score (nSPS) is 16.5. The van der Waals surface area contributed by atoms with Crippen molar-refractivity contribution in [3.8, 4) is 0 Å². The number of nitrogens with zero attached hydrogens (tertiary/aromatic N) is 1. The molecule has 1 aromatic heterocycles. The number of aldehydes is 1. The minimum absolute atomic E-state index is 0.141. The number of aromatic nitrogens is 1. The zero-order valence-electron chi connectivity index (χ0n) is 13.0. The van der Waals surface area contributed by atoms with Crippen LogP contribution >= 0.6 is 0 Å². The Morgan fingerprint density at radius 2 is 2.22 bits per heavy atom. The number of hydrogen-bond donors (Lipinski definition) is 2. The van der Waals surface area contributed by atoms with E-state index < -0.39 is 0 Å². The van der Waals surface area contributed by atoms with Gasteiger partial charge < -0.3 is 11.1 Å². The number of hydrogen-bond acceptors (Lipinski definition) is 4. The van der Waals surface area contributed by atoms with Gasteiger partial charge in [-0.2, -0.15) is 0 Å². The Morgan fingerprint density at radius 3 is 2.96 bits per heavy atom. The molecule has 5 heteroatoms. The Labute approximate surface area is 134 Å². The molecule has 1 aliphatic carbocycles. The van der Waals surface area contributed by atoms with Crippen LogP contribution in [0.25, 0.3) is 0 Å². The first-order chi connectivity index (χ1) is 11.1. The van der Waals surface area contributed by atoms with Crippen LogP contribution in [-0.2, 0) is 12.8 Å². The first-order valence-electron chi connectivity index (χ1n) is 7.68. The number of nitrogens with two attached hydrogens (primary N) is 1. The first kappa shape index (κ1) is 15.4. The van der Waals surface area contributed by atoms with Gasteiger partial charge in [0.25, 0.3) is 5.91 Å². The summed E-state index contributed by atoms with van der Waals surface area (Å²) in [7, 11) is 0. The molecule has 1 atom stereocenters. The molecular weight excluding hydrogens is 290 g/mol. The van der Waals surface area contributed by atoms with Crippen molar-refractivity contribution in [2.24, 2.45) is 5.73 Å². The fourth-order valence-corrected chi connectivity index (χ4v) is 3.04. The van der Waals surface area contributed by atoms with E-state index in [0.29, 0.717) is 16.8 Å². The monoisotopic (exact) mass is 309 g/mol. The molecule has 0 unspecified atom stereocenters. The highest BCUT2D eigenvalue weighted by molar-refractivity contribution is 6.06. The highest BCUT2D eigenvalue weighted by Gasteiger charge is 2.21. The van der Waals surface area contributed by atoms with Crippen molar-refractivity contribution < 1.29 is 9.59 Å². The summed E-state index contributed by atoms with van der Waals surface area (Å²) in [5, 5.41) is 2.84. The second-order valence-corrected chi connectivity index (χ2v) is 5.93. The van der Waals surface area contributed by atoms with Crippen molar-refractivity contribution >= 4 is 17.9 Å². The maximum Gasteiger partial charge on any atom is 0.255 e. The largest absolute Gasteiger partial charge is 0.327 e. The van der Waals surface area contributed by atoms with Gasteiger partial charge in [0.15, 0.2) is 6.29 Å². The lowest BCUT2D eigenvalue weighted by molar-refractivity contribution is 0.102. The molecule has 1 amide bonds. The highest BCUT2D eigenvalue weighted by atomic mass is 16.1. The van der Waals surface area contributed by atoms with Crippen molar-refractivity contribution in [2.75, 3.05) is 5.32 Å². The molecule has 23 heavy (non-hydrogen) atoms. The van der Waals surface area contributed by atoms with Crippen LogP contribution in [0, 0.1) is 6.92 Å². The topological polar surface area (TPSA) is 85.1 Å². The number of carbonyl (C=O) groups excluding carboxylic acids is 2. The second-order valence-electron chi connectivity index (χ2n) is 5.93. The molecule has 0 fully saturated rings. The van der Waals surface area contributed by atoms with Crippen LogP contribution in [0.1, 0.15) is 44.0 Å². The lowest BCUT2D eigenvalue weighted by Crippen LogP contribution is -2.28. The van der Waals surface area contributed by atoms with Crippen LogP contribution in [0.15, 0.2) is 30.5 Å². The van der Waals surface area contributed by atoms with Gasteiger partial charge in [0.05, 0.1) is 5.69 Å². The number of amides is 1. The van der Waals surface area contributed by atoms with E-state index in [1.165, 1.54) is 0 Å². The molecule has 1 aromatic carbocycles. The van der Waals surface area contributed by atoms with Crippen LogP contribution < -0.4 is 11.1 Å². The second kappa shape index (κ2) is 6.30. The van der Waals surface area contributed by atoms with Crippen LogP contribution in [0.3, 0.4) is 0 Å². The van der Waals surface area contributed by atoms with Gasteiger partial charge in [-0.05, 0) is 55.5 Å². The Morgan fingerprint density at radius 1 is 1.39 bits per heavy atom. The van der Waals surface area contributed by atoms with Crippen molar-refractivity contribution in [3.05, 3.63) is 58.4 Å². The van der Waals surface area contributed by atoms with Crippen molar-refractivity contribution in [1.29, 1.82) is 0 Å². The average Bonchev–Trinajstić information content (AvgIpc) is 2.54. The summed E-state index contributed by atoms with van der Waals surface area (Å²) < 4.78 is 0. The zero-order valence-corrected chi connectivity index (χ0v) is 13.0. The van der Waals surface area contributed by atoms with Gasteiger partial charge in [-0.3, -0.25) is 14.6 Å². The zero-order chi connectivity index (χ0) is 16.4. The van der Waals surface area contributed by atoms with Crippen molar-refractivity contribution in [2.45, 2.75) is 32.2 Å². The number of benzene rings is 1. The standard InChI is InChI=1S/C18H19N3O2/c1-11-8-13(6-7-20-11)18(23)21-17-5-2-12-9-14(19)3-4-15(12)16(17)10-22/h2,5-8,10,14H,3-4,9,19H2,1H3,(H,21,23)/t14-/m0/s1. The van der Waals surface area contributed by atoms with E-state index in [-0.39, 0.29) is 11.9 Å². The fraction of sp³-hybridized carbons (Fsp3) is 0.278. The minimum Gasteiger partial charge on any atom is -0.327 e. The summed E-state index contributed by atoms with van der Waals surface area (Å²) in [4.78, 5) is 28.0. The number of carbonyl (C=O) groups is 2. The van der Waals surface area contributed by atoms with E-state index in [4.69, 9.17) is 5.73 Å². The number of pyridine rings is 1. The highest BCUT2D eigenvalue weighted by Crippen LogP contribution is 2.28. The molecule has 2 aromatic rings. The van der Waals surface area contributed by atoms with E-state index in [9.17, 15) is 9.59 Å². The molecule has 1 heterocycles. The molecule has 118 valence electrons. The molecule has 3 N–H and O–H groups in total. The van der Waals surface area contributed by atoms with Crippen LogP contribution in [0.5, 0.6) is 0 Å². The smallest absolute Gasteiger partial charge is 0.255 e. The van der Waals surface area contributed by atoms with Gasteiger partial charge in [0.1, 0.15) is 0 Å². The molecular formula is C18H19N3O2. The molecule has 0 aliphatic heterocycles. The maximum absolute atomic E-state index is 12.4. The summed E-state index contributed by atoms with van der Waals surface area (Å²) >= 11 is 0. The Balaban J connectivity index is 1.91. The number of fused-ring (bicyclic) bond motifs is 1. The van der Waals surface area contributed by atoms with Crippen LogP contribution in [-0.4, -0.2) is 23.2 Å². The lowest BCUT2D eigenvalue weighted by Gasteiger charge is -2.24. The SMILES string of the molecule is Cc1cc(C(=O)Nc2ccc3c(c2C=O)CC[C@H](N)C3)ccn1. The van der Waals surface area contributed by atoms with Crippen molar-refractivity contribution in [1.82, 2.24) is 4.98 Å². The van der Waals surface area contributed by atoms with Crippen LogP contribution in [0.2, 0.25) is 0 Å². The molecule has 0 radical (unpaired) electrons. The van der Waals surface area contributed by atoms with Crippen molar-refractivity contribution in [3.63, 3.8) is 0 Å². The third-order valence-electron chi connectivity index (χ3n) is 4.23. The van der Waals surface area contributed by atoms with E-state index in [1.807, 2.05) is 13.0 Å². The van der Waals surface area contributed by atoms with Gasteiger partial charge in [0.2, 0.25) is 0 Å². The molecule has 5 nitrogen and oxygen atoms in total. The summed E-state index contributed by atoms with van der Waals surface area (Å²) in [5.41, 5.74) is 10.5.